The van der Waals surface area contributed by atoms with Crippen LogP contribution in [0.5, 0.6) is 0 Å². The zero-order valence-corrected chi connectivity index (χ0v) is 12.5. The van der Waals surface area contributed by atoms with Gasteiger partial charge in [0.15, 0.2) is 0 Å². The van der Waals surface area contributed by atoms with Gasteiger partial charge in [0.2, 0.25) is 0 Å². The van der Waals surface area contributed by atoms with E-state index in [1.165, 1.54) is 17.5 Å². The molecule has 0 radical (unpaired) electrons. The van der Waals surface area contributed by atoms with E-state index in [-0.39, 0.29) is 0 Å². The molecule has 1 fully saturated rings. The summed E-state index contributed by atoms with van der Waals surface area (Å²) in [5, 5.41) is 0. The molecule has 2 aromatic carbocycles. The fourth-order valence-corrected chi connectivity index (χ4v) is 5.94. The van der Waals surface area contributed by atoms with Crippen molar-refractivity contribution >= 4 is 22.6 Å². The molecule has 0 aromatic heterocycles. The maximum absolute atomic E-state index is 2.67. The van der Waals surface area contributed by atoms with Crippen LogP contribution >= 0.6 is 22.6 Å². The van der Waals surface area contributed by atoms with Crippen molar-refractivity contribution in [3.63, 3.8) is 0 Å². The van der Waals surface area contributed by atoms with Gasteiger partial charge in [0.25, 0.3) is 0 Å². The van der Waals surface area contributed by atoms with Crippen LogP contribution in [0.4, 0.5) is 0 Å². The van der Waals surface area contributed by atoms with Gasteiger partial charge in [0.1, 0.15) is 0 Å². The lowest BCUT2D eigenvalue weighted by Crippen LogP contribution is -2.09. The third-order valence-electron chi connectivity index (χ3n) is 4.74. The Hall–Kier alpha value is -0.830. The number of benzene rings is 2. The van der Waals surface area contributed by atoms with Gasteiger partial charge in [0, 0.05) is 9.34 Å². The van der Waals surface area contributed by atoms with Crippen molar-refractivity contribution in [2.45, 2.75) is 22.7 Å². The Morgan fingerprint density at radius 2 is 1.44 bits per heavy atom. The molecular weight excluding hydrogens is 331 g/mol. The molecule has 2 aromatic rings. The highest BCUT2D eigenvalue weighted by atomic mass is 127. The molecule has 2 aliphatic carbocycles. The summed E-state index contributed by atoms with van der Waals surface area (Å²) in [4.78, 5) is 0. The summed E-state index contributed by atoms with van der Waals surface area (Å²) in [5.41, 5.74) is 6.38. The molecule has 90 valence electrons. The van der Waals surface area contributed by atoms with Crippen molar-refractivity contribution in [3.05, 3.63) is 59.7 Å². The van der Waals surface area contributed by atoms with Crippen molar-refractivity contribution < 1.29 is 0 Å². The SMILES string of the molecule is CC[C@H]1[C@@H](I)C12c1ccccc1-c1ccccc12. The Bertz CT molecular complexity index is 584. The van der Waals surface area contributed by atoms with Crippen molar-refractivity contribution in [3.8, 4) is 11.1 Å². The van der Waals surface area contributed by atoms with Crippen LogP contribution in [0.2, 0.25) is 0 Å². The van der Waals surface area contributed by atoms with Crippen LogP contribution in [0, 0.1) is 5.92 Å². The van der Waals surface area contributed by atoms with Crippen molar-refractivity contribution in [2.75, 3.05) is 0 Å². The summed E-state index contributed by atoms with van der Waals surface area (Å²) in [5.74, 6) is 0.808. The van der Waals surface area contributed by atoms with E-state index in [4.69, 9.17) is 0 Å². The topological polar surface area (TPSA) is 0 Å². The van der Waals surface area contributed by atoms with Gasteiger partial charge in [-0.3, -0.25) is 0 Å². The summed E-state index contributed by atoms with van der Waals surface area (Å²) < 4.78 is 0.755. The zero-order chi connectivity index (χ0) is 12.3. The molecule has 2 atom stereocenters. The smallest absolute Gasteiger partial charge is 0.0374 e. The van der Waals surface area contributed by atoms with Crippen molar-refractivity contribution in [2.24, 2.45) is 5.92 Å². The van der Waals surface area contributed by atoms with E-state index >= 15 is 0 Å². The number of alkyl halides is 1. The van der Waals surface area contributed by atoms with Crippen LogP contribution in [0.1, 0.15) is 24.5 Å². The quantitative estimate of drug-likeness (QED) is 0.514. The van der Waals surface area contributed by atoms with Crippen LogP contribution < -0.4 is 0 Å². The molecule has 0 heterocycles. The number of hydrogen-bond donors (Lipinski definition) is 0. The lowest BCUT2D eigenvalue weighted by Gasteiger charge is -2.13. The summed E-state index contributed by atoms with van der Waals surface area (Å²) in [6, 6.07) is 18.0. The molecule has 2 aliphatic rings. The Morgan fingerprint density at radius 1 is 0.944 bits per heavy atom. The summed E-state index contributed by atoms with van der Waals surface area (Å²) >= 11 is 2.67. The van der Waals surface area contributed by atoms with Gasteiger partial charge < -0.3 is 0 Å². The van der Waals surface area contributed by atoms with Gasteiger partial charge in [-0.05, 0) is 28.2 Å². The largest absolute Gasteiger partial charge is 0.0809 e. The van der Waals surface area contributed by atoms with Crippen LogP contribution in [-0.4, -0.2) is 3.92 Å². The first-order valence-electron chi connectivity index (χ1n) is 6.65. The highest BCUT2D eigenvalue weighted by Crippen LogP contribution is 2.70. The molecule has 0 bridgehead atoms. The Morgan fingerprint density at radius 3 is 1.89 bits per heavy atom. The fourth-order valence-electron chi connectivity index (χ4n) is 3.94. The van der Waals surface area contributed by atoms with E-state index in [0.717, 1.165) is 9.84 Å². The molecule has 18 heavy (non-hydrogen) atoms. The van der Waals surface area contributed by atoms with E-state index in [1.807, 2.05) is 0 Å². The Kier molecular flexibility index (Phi) is 2.20. The van der Waals surface area contributed by atoms with E-state index in [9.17, 15) is 0 Å². The predicted octanol–water partition coefficient (Wildman–Crippen LogP) is 4.80. The summed E-state index contributed by atoms with van der Waals surface area (Å²) in [7, 11) is 0. The Labute approximate surface area is 122 Å². The minimum absolute atomic E-state index is 0.322. The van der Waals surface area contributed by atoms with Crippen LogP contribution in [0.3, 0.4) is 0 Å². The molecule has 0 aliphatic heterocycles. The second kappa shape index (κ2) is 3.60. The van der Waals surface area contributed by atoms with Gasteiger partial charge in [-0.1, -0.05) is 84.5 Å². The number of hydrogen-bond acceptors (Lipinski definition) is 0. The average molecular weight is 346 g/mol. The highest BCUT2D eigenvalue weighted by Gasteiger charge is 2.67. The Balaban J connectivity index is 2.06. The summed E-state index contributed by atoms with van der Waals surface area (Å²) in [6.45, 7) is 2.33. The molecule has 0 N–H and O–H groups in total. The van der Waals surface area contributed by atoms with Crippen molar-refractivity contribution in [1.29, 1.82) is 0 Å². The molecule has 0 unspecified atom stereocenters. The minimum atomic E-state index is 0.322. The molecular formula is C17H15I. The first-order chi connectivity index (χ1) is 8.81. The standard InChI is InChI=1S/C17H15I/c1-2-13-16(18)17(13)14-9-5-3-7-11(14)12-8-4-6-10-15(12)17/h3-10,13,16H,2H2,1H3/t13-,16+/m0/s1. The minimum Gasteiger partial charge on any atom is -0.0809 e. The van der Waals surface area contributed by atoms with Gasteiger partial charge in [-0.15, -0.1) is 0 Å². The van der Waals surface area contributed by atoms with Gasteiger partial charge >= 0.3 is 0 Å². The number of halogens is 1. The maximum atomic E-state index is 2.67. The molecule has 0 saturated heterocycles. The average Bonchev–Trinajstić information content (AvgIpc) is 2.92. The van der Waals surface area contributed by atoms with E-state index in [0.29, 0.717) is 5.41 Å². The van der Waals surface area contributed by atoms with Gasteiger partial charge in [0.05, 0.1) is 0 Å². The van der Waals surface area contributed by atoms with Crippen LogP contribution in [0.25, 0.3) is 11.1 Å². The number of fused-ring (bicyclic) bond motifs is 5. The van der Waals surface area contributed by atoms with E-state index < -0.39 is 0 Å². The van der Waals surface area contributed by atoms with E-state index in [2.05, 4.69) is 78.0 Å². The molecule has 0 amide bonds. The van der Waals surface area contributed by atoms with E-state index in [1.54, 1.807) is 11.1 Å². The molecule has 0 nitrogen and oxygen atoms in total. The van der Waals surface area contributed by atoms with Crippen LogP contribution in [0.15, 0.2) is 48.5 Å². The second-order valence-corrected chi connectivity index (χ2v) is 6.72. The lowest BCUT2D eigenvalue weighted by molar-refractivity contribution is 0.687. The second-order valence-electron chi connectivity index (χ2n) is 5.38. The molecule has 1 spiro atoms. The monoisotopic (exact) mass is 346 g/mol. The fraction of sp³-hybridized carbons (Fsp3) is 0.294. The normalized spacial score (nSPS) is 25.9. The zero-order valence-electron chi connectivity index (χ0n) is 10.4. The van der Waals surface area contributed by atoms with Crippen molar-refractivity contribution in [1.82, 2.24) is 0 Å². The first-order valence-corrected chi connectivity index (χ1v) is 7.89. The molecule has 1 heteroatoms. The van der Waals surface area contributed by atoms with Gasteiger partial charge in [-0.2, -0.15) is 0 Å². The lowest BCUT2D eigenvalue weighted by atomic mass is 9.90. The summed E-state index contributed by atoms with van der Waals surface area (Å²) in [6.07, 6.45) is 1.27. The molecule has 1 saturated carbocycles. The molecule has 4 rings (SSSR count). The van der Waals surface area contributed by atoms with Gasteiger partial charge in [-0.25, -0.2) is 0 Å². The third-order valence-corrected chi connectivity index (χ3v) is 6.59. The predicted molar refractivity (Wildman–Crippen MR) is 84.2 cm³/mol. The van der Waals surface area contributed by atoms with Crippen LogP contribution in [-0.2, 0) is 5.41 Å². The maximum Gasteiger partial charge on any atom is 0.0374 e. The first kappa shape index (κ1) is 11.0. The number of rotatable bonds is 1. The highest BCUT2D eigenvalue weighted by molar-refractivity contribution is 14.1. The third kappa shape index (κ3) is 1.08.